The molecule has 5 heteroatoms. The normalized spacial score (nSPS) is 12.4. The molecule has 18 heavy (non-hydrogen) atoms. The van der Waals surface area contributed by atoms with Crippen molar-refractivity contribution in [1.29, 1.82) is 0 Å². The molecule has 0 saturated heterocycles. The van der Waals surface area contributed by atoms with Gasteiger partial charge in [0.1, 0.15) is 17.6 Å². The molecule has 0 bridgehead atoms. The lowest BCUT2D eigenvalue weighted by Gasteiger charge is -2.19. The first-order chi connectivity index (χ1) is 8.67. The molecule has 5 nitrogen and oxygen atoms in total. The first-order valence-electron chi connectivity index (χ1n) is 5.75. The van der Waals surface area contributed by atoms with E-state index in [1.54, 1.807) is 13.3 Å². The van der Waals surface area contributed by atoms with Gasteiger partial charge in [0.2, 0.25) is 0 Å². The van der Waals surface area contributed by atoms with Crippen LogP contribution in [0.5, 0.6) is 5.75 Å². The van der Waals surface area contributed by atoms with Crippen molar-refractivity contribution in [1.82, 2.24) is 15.0 Å². The lowest BCUT2D eigenvalue weighted by Crippen LogP contribution is -2.31. The molecule has 0 aliphatic carbocycles. The molecule has 0 aliphatic heterocycles. The molecule has 1 heterocycles. The SMILES string of the molecule is COc1cc(C)ccc1C(NN)c1nccn1C. The summed E-state index contributed by atoms with van der Waals surface area (Å²) in [5.41, 5.74) is 4.91. The van der Waals surface area contributed by atoms with Gasteiger partial charge in [-0.3, -0.25) is 5.84 Å². The molecule has 2 aromatic rings. The Hall–Kier alpha value is -1.85. The maximum absolute atomic E-state index is 5.67. The van der Waals surface area contributed by atoms with E-state index in [1.165, 1.54) is 0 Å². The van der Waals surface area contributed by atoms with Gasteiger partial charge in [0, 0.05) is 25.0 Å². The van der Waals surface area contributed by atoms with Crippen LogP contribution in [-0.4, -0.2) is 16.7 Å². The highest BCUT2D eigenvalue weighted by atomic mass is 16.5. The lowest BCUT2D eigenvalue weighted by molar-refractivity contribution is 0.402. The van der Waals surface area contributed by atoms with Crippen molar-refractivity contribution in [2.24, 2.45) is 12.9 Å². The summed E-state index contributed by atoms with van der Waals surface area (Å²) in [6.07, 6.45) is 3.64. The minimum Gasteiger partial charge on any atom is -0.496 e. The number of nitrogens with two attached hydrogens (primary N) is 1. The summed E-state index contributed by atoms with van der Waals surface area (Å²) in [5.74, 6) is 7.32. The second-order valence-electron chi connectivity index (χ2n) is 4.24. The van der Waals surface area contributed by atoms with E-state index in [-0.39, 0.29) is 6.04 Å². The predicted molar refractivity (Wildman–Crippen MR) is 70.1 cm³/mol. The number of methoxy groups -OCH3 is 1. The Balaban J connectivity index is 2.48. The summed E-state index contributed by atoms with van der Waals surface area (Å²) in [4.78, 5) is 4.33. The summed E-state index contributed by atoms with van der Waals surface area (Å²) in [6.45, 7) is 2.03. The number of nitrogens with zero attached hydrogens (tertiary/aromatic N) is 2. The van der Waals surface area contributed by atoms with Gasteiger partial charge in [0.05, 0.1) is 7.11 Å². The smallest absolute Gasteiger partial charge is 0.131 e. The fourth-order valence-electron chi connectivity index (χ4n) is 2.02. The molecule has 0 radical (unpaired) electrons. The Labute approximate surface area is 107 Å². The topological polar surface area (TPSA) is 65.1 Å². The van der Waals surface area contributed by atoms with E-state index in [2.05, 4.69) is 10.4 Å². The highest BCUT2D eigenvalue weighted by Gasteiger charge is 2.20. The van der Waals surface area contributed by atoms with E-state index in [9.17, 15) is 0 Å². The third kappa shape index (κ3) is 2.23. The van der Waals surface area contributed by atoms with Crippen molar-refractivity contribution in [2.45, 2.75) is 13.0 Å². The second-order valence-corrected chi connectivity index (χ2v) is 4.24. The van der Waals surface area contributed by atoms with Crippen LogP contribution in [0.4, 0.5) is 0 Å². The number of aryl methyl sites for hydroxylation is 2. The molecule has 0 saturated carbocycles. The quantitative estimate of drug-likeness (QED) is 0.630. The molecule has 1 aromatic carbocycles. The molecule has 3 N–H and O–H groups in total. The minimum atomic E-state index is -0.194. The first-order valence-corrected chi connectivity index (χ1v) is 5.75. The summed E-state index contributed by atoms with van der Waals surface area (Å²) in [6, 6.07) is 5.83. The molecule has 0 aliphatic rings. The highest BCUT2D eigenvalue weighted by Crippen LogP contribution is 2.29. The van der Waals surface area contributed by atoms with E-state index >= 15 is 0 Å². The summed E-state index contributed by atoms with van der Waals surface area (Å²) < 4.78 is 7.35. The zero-order valence-electron chi connectivity index (χ0n) is 10.8. The van der Waals surface area contributed by atoms with Crippen LogP contribution in [0.15, 0.2) is 30.6 Å². The number of hydrogen-bond acceptors (Lipinski definition) is 4. The number of ether oxygens (including phenoxy) is 1. The van der Waals surface area contributed by atoms with Crippen LogP contribution in [0.25, 0.3) is 0 Å². The average molecular weight is 246 g/mol. The van der Waals surface area contributed by atoms with E-state index in [1.807, 2.05) is 42.9 Å². The maximum atomic E-state index is 5.67. The fourth-order valence-corrected chi connectivity index (χ4v) is 2.02. The van der Waals surface area contributed by atoms with Crippen molar-refractivity contribution in [3.63, 3.8) is 0 Å². The van der Waals surface area contributed by atoms with E-state index in [0.717, 1.165) is 22.7 Å². The van der Waals surface area contributed by atoms with Gasteiger partial charge in [0.25, 0.3) is 0 Å². The van der Waals surface area contributed by atoms with Crippen LogP contribution in [0, 0.1) is 6.92 Å². The monoisotopic (exact) mass is 246 g/mol. The van der Waals surface area contributed by atoms with Crippen molar-refractivity contribution in [3.05, 3.63) is 47.5 Å². The molecular formula is C13H18N4O. The number of aromatic nitrogens is 2. The summed E-state index contributed by atoms with van der Waals surface area (Å²) >= 11 is 0. The molecule has 0 fully saturated rings. The standard InChI is InChI=1S/C13H18N4O/c1-9-4-5-10(11(8-9)18-3)12(16-14)13-15-6-7-17(13)2/h4-8,12,16H,14H2,1-3H3. The minimum absolute atomic E-state index is 0.194. The van der Waals surface area contributed by atoms with E-state index in [4.69, 9.17) is 10.6 Å². The Morgan fingerprint density at radius 2 is 2.22 bits per heavy atom. The van der Waals surface area contributed by atoms with Crippen LogP contribution in [-0.2, 0) is 7.05 Å². The number of hydrogen-bond donors (Lipinski definition) is 2. The van der Waals surface area contributed by atoms with Gasteiger partial charge < -0.3 is 9.30 Å². The molecule has 1 unspecified atom stereocenters. The average Bonchev–Trinajstić information content (AvgIpc) is 2.78. The van der Waals surface area contributed by atoms with Gasteiger partial charge in [-0.15, -0.1) is 0 Å². The molecule has 0 amide bonds. The van der Waals surface area contributed by atoms with Crippen molar-refractivity contribution in [3.8, 4) is 5.75 Å². The summed E-state index contributed by atoms with van der Waals surface area (Å²) in [5, 5.41) is 0. The van der Waals surface area contributed by atoms with Gasteiger partial charge in [-0.25, -0.2) is 10.4 Å². The number of rotatable bonds is 4. The molecule has 2 rings (SSSR count). The third-order valence-electron chi connectivity index (χ3n) is 2.98. The zero-order valence-corrected chi connectivity index (χ0v) is 10.8. The number of imidazole rings is 1. The Morgan fingerprint density at radius 1 is 1.44 bits per heavy atom. The Bertz CT molecular complexity index is 536. The van der Waals surface area contributed by atoms with E-state index in [0.29, 0.717) is 0 Å². The number of benzene rings is 1. The fraction of sp³-hybridized carbons (Fsp3) is 0.308. The second kappa shape index (κ2) is 5.20. The molecule has 1 aromatic heterocycles. The third-order valence-corrected chi connectivity index (χ3v) is 2.98. The van der Waals surface area contributed by atoms with Crippen molar-refractivity contribution < 1.29 is 4.74 Å². The van der Waals surface area contributed by atoms with Crippen LogP contribution < -0.4 is 16.0 Å². The Kier molecular flexibility index (Phi) is 3.64. The van der Waals surface area contributed by atoms with Crippen molar-refractivity contribution in [2.75, 3.05) is 7.11 Å². The Morgan fingerprint density at radius 3 is 2.78 bits per heavy atom. The van der Waals surface area contributed by atoms with Gasteiger partial charge in [-0.05, 0) is 18.6 Å². The van der Waals surface area contributed by atoms with Gasteiger partial charge in [-0.1, -0.05) is 12.1 Å². The van der Waals surface area contributed by atoms with Crippen molar-refractivity contribution >= 4 is 0 Å². The van der Waals surface area contributed by atoms with Crippen LogP contribution in [0.3, 0.4) is 0 Å². The first kappa shape index (κ1) is 12.6. The molecule has 1 atom stereocenters. The largest absolute Gasteiger partial charge is 0.496 e. The van der Waals surface area contributed by atoms with Gasteiger partial charge in [0.15, 0.2) is 0 Å². The predicted octanol–water partition coefficient (Wildman–Crippen LogP) is 1.29. The molecule has 0 spiro atoms. The summed E-state index contributed by atoms with van der Waals surface area (Å²) in [7, 11) is 3.59. The van der Waals surface area contributed by atoms with Crippen LogP contribution >= 0.6 is 0 Å². The molecule has 96 valence electrons. The van der Waals surface area contributed by atoms with Gasteiger partial charge in [-0.2, -0.15) is 0 Å². The van der Waals surface area contributed by atoms with Gasteiger partial charge >= 0.3 is 0 Å². The van der Waals surface area contributed by atoms with Crippen LogP contribution in [0.2, 0.25) is 0 Å². The van der Waals surface area contributed by atoms with E-state index < -0.39 is 0 Å². The maximum Gasteiger partial charge on any atom is 0.131 e. The van der Waals surface area contributed by atoms with Crippen LogP contribution in [0.1, 0.15) is 23.0 Å². The number of hydrazine groups is 1. The highest BCUT2D eigenvalue weighted by molar-refractivity contribution is 5.41. The number of nitrogens with one attached hydrogen (secondary N) is 1. The zero-order chi connectivity index (χ0) is 13.1. The molecular weight excluding hydrogens is 228 g/mol. The lowest BCUT2D eigenvalue weighted by atomic mass is 10.0.